The lowest BCUT2D eigenvalue weighted by Gasteiger charge is -2.35. The second-order valence-corrected chi connectivity index (χ2v) is 16.4. The van der Waals surface area contributed by atoms with Gasteiger partial charge in [-0.05, 0) is 77.2 Å². The average Bonchev–Trinajstić information content (AvgIpc) is 3.64. The summed E-state index contributed by atoms with van der Waals surface area (Å²) in [4.78, 5) is 93.9. The zero-order valence-corrected chi connectivity index (χ0v) is 34.9. The van der Waals surface area contributed by atoms with Gasteiger partial charge in [-0.1, -0.05) is 64.4 Å². The molecular weight excluding hydrogens is 740 g/mol. The highest BCUT2D eigenvalue weighted by molar-refractivity contribution is 6.01. The van der Waals surface area contributed by atoms with E-state index >= 15 is 0 Å². The number of benzene rings is 1. The summed E-state index contributed by atoms with van der Waals surface area (Å²) in [6.45, 7) is 13.6. The minimum Gasteiger partial charge on any atom is -0.467 e. The molecule has 1 aromatic carbocycles. The molecule has 1 aromatic rings. The number of aliphatic hydroxyl groups excluding tert-OH is 2. The Morgan fingerprint density at radius 3 is 1.96 bits per heavy atom. The first-order valence-electron chi connectivity index (χ1n) is 19.5. The summed E-state index contributed by atoms with van der Waals surface area (Å²) >= 11 is 0. The second-order valence-electron chi connectivity index (χ2n) is 16.4. The van der Waals surface area contributed by atoms with Gasteiger partial charge in [0.25, 0.3) is 5.91 Å². The number of ether oxygens (including phenoxy) is 2. The summed E-state index contributed by atoms with van der Waals surface area (Å²) in [5, 5.41) is 32.0. The molecule has 320 valence electrons. The van der Waals surface area contributed by atoms with Crippen LogP contribution in [0.25, 0.3) is 0 Å². The molecule has 2 rings (SSSR count). The van der Waals surface area contributed by atoms with Crippen molar-refractivity contribution in [2.45, 2.75) is 136 Å². The average molecular weight is 805 g/mol. The third-order valence-corrected chi connectivity index (χ3v) is 9.91. The van der Waals surface area contributed by atoms with E-state index in [2.05, 4.69) is 21.3 Å². The van der Waals surface area contributed by atoms with Crippen molar-refractivity contribution < 1.29 is 53.2 Å². The van der Waals surface area contributed by atoms with Crippen molar-refractivity contribution in [1.82, 2.24) is 26.2 Å². The summed E-state index contributed by atoms with van der Waals surface area (Å²) in [5.74, 6) is -6.40. The normalized spacial score (nSPS) is 19.2. The molecule has 2 unspecified atom stereocenters. The molecule has 0 radical (unpaired) electrons. The highest BCUT2D eigenvalue weighted by Gasteiger charge is 2.44. The third-order valence-electron chi connectivity index (χ3n) is 9.91. The Bertz CT molecular complexity index is 1550. The number of hydrogen-bond acceptors (Lipinski definition) is 12. The Labute approximate surface area is 335 Å². The van der Waals surface area contributed by atoms with E-state index in [9.17, 15) is 43.8 Å². The predicted molar refractivity (Wildman–Crippen MR) is 210 cm³/mol. The number of carbonyl (C=O) groups excluding carboxylic acids is 7. The Balaban J connectivity index is 2.42. The number of imide groups is 1. The van der Waals surface area contributed by atoms with Crippen molar-refractivity contribution >= 4 is 41.6 Å². The number of methoxy groups -OCH3 is 1. The minimum absolute atomic E-state index is 0.109. The number of carbonyl (C=O) groups is 7. The highest BCUT2D eigenvalue weighted by Crippen LogP contribution is 2.36. The van der Waals surface area contributed by atoms with Gasteiger partial charge >= 0.3 is 12.1 Å². The fourth-order valence-electron chi connectivity index (χ4n) is 6.65. The smallest absolute Gasteiger partial charge is 0.417 e. The molecule has 0 heterocycles. The summed E-state index contributed by atoms with van der Waals surface area (Å²) in [6, 6.07) is 1.81. The summed E-state index contributed by atoms with van der Waals surface area (Å²) < 4.78 is 10.3. The Morgan fingerprint density at radius 1 is 0.842 bits per heavy atom. The van der Waals surface area contributed by atoms with Gasteiger partial charge in [-0.15, -0.1) is 0 Å². The number of hydrogen-bond donors (Lipinski definition) is 7. The van der Waals surface area contributed by atoms with E-state index in [-0.39, 0.29) is 18.3 Å². The van der Waals surface area contributed by atoms with Crippen LogP contribution < -0.4 is 27.0 Å². The van der Waals surface area contributed by atoms with E-state index in [1.807, 2.05) is 0 Å². The van der Waals surface area contributed by atoms with E-state index in [4.69, 9.17) is 15.2 Å². The zero-order chi connectivity index (χ0) is 43.4. The van der Waals surface area contributed by atoms with Crippen molar-refractivity contribution in [3.63, 3.8) is 0 Å². The Kier molecular flexibility index (Phi) is 18.6. The molecule has 17 heteroatoms. The van der Waals surface area contributed by atoms with E-state index in [0.29, 0.717) is 24.2 Å². The largest absolute Gasteiger partial charge is 0.467 e. The van der Waals surface area contributed by atoms with Crippen molar-refractivity contribution in [2.24, 2.45) is 29.4 Å². The summed E-state index contributed by atoms with van der Waals surface area (Å²) in [6.07, 6.45) is -0.975. The molecule has 0 spiro atoms. The van der Waals surface area contributed by atoms with Crippen molar-refractivity contribution in [1.29, 1.82) is 0 Å². The first-order chi connectivity index (χ1) is 26.5. The van der Waals surface area contributed by atoms with Gasteiger partial charge < -0.3 is 46.7 Å². The fourth-order valence-corrected chi connectivity index (χ4v) is 6.65. The number of aliphatic hydroxyl groups is 2. The first kappa shape index (κ1) is 48.5. The van der Waals surface area contributed by atoms with Crippen LogP contribution in [-0.4, -0.2) is 118 Å². The van der Waals surface area contributed by atoms with Crippen LogP contribution in [0.2, 0.25) is 0 Å². The lowest BCUT2D eigenvalue weighted by molar-refractivity contribution is -0.147. The SMILES string of the molecule is COC(=O)[C@@H](NC(=O)[C@@H](NC(=O)[C@H]1CCCC1C(O)[C@H](Cc1ccccc1)NC(=O)[C@H](C)N(C(=O)OC(C)(C)C)C(=O)[C@H](C)NC(=O)[C@@H](N)CO)C(C)C)C(C)C. The molecule has 0 bridgehead atoms. The predicted octanol–water partition coefficient (Wildman–Crippen LogP) is 0.922. The van der Waals surface area contributed by atoms with Crippen LogP contribution >= 0.6 is 0 Å². The molecule has 6 amide bonds. The maximum atomic E-state index is 14.1. The number of nitrogens with zero attached hydrogens (tertiary/aromatic N) is 1. The first-order valence-corrected chi connectivity index (χ1v) is 19.5. The van der Waals surface area contributed by atoms with Gasteiger partial charge in [0, 0.05) is 5.92 Å². The Morgan fingerprint density at radius 2 is 1.44 bits per heavy atom. The van der Waals surface area contributed by atoms with Crippen LogP contribution in [0, 0.1) is 23.7 Å². The molecule has 9 atom stereocenters. The van der Waals surface area contributed by atoms with Crippen molar-refractivity contribution in [3.05, 3.63) is 35.9 Å². The number of rotatable bonds is 18. The summed E-state index contributed by atoms with van der Waals surface area (Å²) in [5.41, 5.74) is 5.25. The van der Waals surface area contributed by atoms with Gasteiger partial charge in [0.1, 0.15) is 35.8 Å². The maximum Gasteiger partial charge on any atom is 0.417 e. The third kappa shape index (κ3) is 14.1. The number of esters is 1. The lowest BCUT2D eigenvalue weighted by atomic mass is 9.84. The number of nitrogens with one attached hydrogen (secondary N) is 4. The molecule has 0 aliphatic heterocycles. The molecule has 1 aliphatic carbocycles. The van der Waals surface area contributed by atoms with Crippen LogP contribution in [0.15, 0.2) is 30.3 Å². The molecule has 57 heavy (non-hydrogen) atoms. The minimum atomic E-state index is -1.52. The quantitative estimate of drug-likeness (QED) is 0.102. The van der Waals surface area contributed by atoms with Gasteiger partial charge in [-0.3, -0.25) is 24.0 Å². The van der Waals surface area contributed by atoms with Crippen LogP contribution in [0.3, 0.4) is 0 Å². The van der Waals surface area contributed by atoms with Crippen molar-refractivity contribution in [3.8, 4) is 0 Å². The van der Waals surface area contributed by atoms with Gasteiger partial charge in [0.05, 0.1) is 25.9 Å². The number of amides is 6. The van der Waals surface area contributed by atoms with E-state index in [1.165, 1.54) is 21.0 Å². The molecule has 17 nitrogen and oxygen atoms in total. The summed E-state index contributed by atoms with van der Waals surface area (Å²) in [7, 11) is 1.22. The monoisotopic (exact) mass is 804 g/mol. The van der Waals surface area contributed by atoms with Gasteiger partial charge in [-0.2, -0.15) is 0 Å². The lowest BCUT2D eigenvalue weighted by Crippen LogP contribution is -2.60. The Hall–Kier alpha value is -4.61. The van der Waals surface area contributed by atoms with Crippen molar-refractivity contribution in [2.75, 3.05) is 13.7 Å². The van der Waals surface area contributed by atoms with Crippen LogP contribution in [0.4, 0.5) is 4.79 Å². The molecule has 0 aromatic heterocycles. The molecule has 0 saturated heterocycles. The molecule has 1 fully saturated rings. The topological polar surface area (TPSA) is 256 Å². The van der Waals surface area contributed by atoms with Crippen LogP contribution in [0.5, 0.6) is 0 Å². The van der Waals surface area contributed by atoms with E-state index in [0.717, 1.165) is 5.56 Å². The fraction of sp³-hybridized carbons (Fsp3) is 0.675. The van der Waals surface area contributed by atoms with E-state index in [1.54, 1.807) is 78.8 Å². The zero-order valence-electron chi connectivity index (χ0n) is 34.9. The standard InChI is InChI=1S/C40H64N6O11/c1-21(2)30(36(52)45-31(22(3)4)38(54)56-10)44-34(50)27-18-14-17-26(27)32(48)29(19-25-15-12-11-13-16-25)43-33(49)24(6)46(39(55)57-40(7,8)9)37(53)23(5)42-35(51)28(41)20-47/h11-13,15-16,21-24,26-32,47-48H,14,17-20,41H2,1-10H3,(H,42,51)(H,43,49)(H,44,50)(H,45,52)/t23-,24-,26?,27-,28-,29-,30-,31-,32?/m0/s1. The molecule has 8 N–H and O–H groups in total. The maximum absolute atomic E-state index is 14.1. The van der Waals surface area contributed by atoms with Gasteiger partial charge in [0.15, 0.2) is 0 Å². The van der Waals surface area contributed by atoms with Crippen LogP contribution in [-0.2, 0) is 44.7 Å². The van der Waals surface area contributed by atoms with Crippen LogP contribution in [0.1, 0.15) is 87.1 Å². The van der Waals surface area contributed by atoms with Gasteiger partial charge in [0.2, 0.25) is 23.6 Å². The second kappa shape index (κ2) is 21.8. The highest BCUT2D eigenvalue weighted by atomic mass is 16.6. The van der Waals surface area contributed by atoms with Gasteiger partial charge in [-0.25, -0.2) is 14.5 Å². The molecule has 1 aliphatic rings. The molecule has 1 saturated carbocycles. The molecular formula is C40H64N6O11. The van der Waals surface area contributed by atoms with E-state index < -0.39 is 108 Å². The number of nitrogens with two attached hydrogens (primary N) is 1.